The Morgan fingerprint density at radius 1 is 0.897 bits per heavy atom. The molecule has 1 N–H and O–H groups in total. The molecule has 1 heterocycles. The van der Waals surface area contributed by atoms with E-state index in [2.05, 4.69) is 14.7 Å². The predicted molar refractivity (Wildman–Crippen MR) is 113 cm³/mol. The Hall–Kier alpha value is -3.29. The van der Waals surface area contributed by atoms with Crippen molar-refractivity contribution in [2.24, 2.45) is 0 Å². The van der Waals surface area contributed by atoms with Crippen LogP contribution < -0.4 is 4.72 Å². The molecule has 29 heavy (non-hydrogen) atoms. The maximum Gasteiger partial charge on any atom is 0.263 e. The summed E-state index contributed by atoms with van der Waals surface area (Å²) in [5.74, 6) is 0.181. The van der Waals surface area contributed by atoms with Gasteiger partial charge in [0.05, 0.1) is 11.5 Å². The monoisotopic (exact) mass is 405 g/mol. The minimum atomic E-state index is -3.82. The lowest BCUT2D eigenvalue weighted by Gasteiger charge is -2.12. The summed E-state index contributed by atoms with van der Waals surface area (Å²) in [4.78, 5) is 8.71. The number of benzene rings is 3. The summed E-state index contributed by atoms with van der Waals surface area (Å²) in [6.45, 7) is 0.502. The molecule has 0 radical (unpaired) electrons. The van der Waals surface area contributed by atoms with Crippen LogP contribution in [0, 0.1) is 0 Å². The third kappa shape index (κ3) is 4.11. The van der Waals surface area contributed by atoms with E-state index in [9.17, 15) is 8.42 Å². The molecule has 4 rings (SSSR count). The van der Waals surface area contributed by atoms with Crippen molar-refractivity contribution in [2.45, 2.75) is 11.5 Å². The molecule has 0 amide bonds. The van der Waals surface area contributed by atoms with Crippen molar-refractivity contribution in [2.75, 3.05) is 11.8 Å². The lowest BCUT2D eigenvalue weighted by atomic mass is 10.1. The molecule has 0 saturated heterocycles. The Bertz CT molecular complexity index is 1260. The van der Waals surface area contributed by atoms with Crippen LogP contribution in [0.1, 0.15) is 5.56 Å². The smallest absolute Gasteiger partial charge is 0.263 e. The minimum absolute atomic E-state index is 0.170. The third-order valence-electron chi connectivity index (χ3n) is 4.50. The van der Waals surface area contributed by atoms with E-state index in [0.717, 1.165) is 21.9 Å². The second-order valence-corrected chi connectivity index (χ2v) is 8.18. The molecule has 0 saturated carbocycles. The Morgan fingerprint density at radius 2 is 1.62 bits per heavy atom. The molecule has 1 aromatic heterocycles. The van der Waals surface area contributed by atoms with Crippen molar-refractivity contribution >= 4 is 26.6 Å². The van der Waals surface area contributed by atoms with Crippen LogP contribution in [0.25, 0.3) is 22.0 Å². The molecule has 6 nitrogen and oxygen atoms in total. The first kappa shape index (κ1) is 19.0. The fourth-order valence-electron chi connectivity index (χ4n) is 3.07. The predicted octanol–water partition coefficient (Wildman–Crippen LogP) is 4.24. The number of methoxy groups -OCH3 is 1. The second-order valence-electron chi connectivity index (χ2n) is 6.50. The van der Waals surface area contributed by atoms with E-state index in [4.69, 9.17) is 4.74 Å². The van der Waals surface area contributed by atoms with Crippen molar-refractivity contribution < 1.29 is 13.2 Å². The van der Waals surface area contributed by atoms with Gasteiger partial charge in [-0.1, -0.05) is 54.6 Å². The molecule has 3 aromatic carbocycles. The van der Waals surface area contributed by atoms with Gasteiger partial charge in [0.1, 0.15) is 5.69 Å². The highest BCUT2D eigenvalue weighted by Crippen LogP contribution is 2.27. The lowest BCUT2D eigenvalue weighted by Crippen LogP contribution is -2.15. The molecule has 0 spiro atoms. The van der Waals surface area contributed by atoms with Gasteiger partial charge in [-0.05, 0) is 28.5 Å². The zero-order valence-electron chi connectivity index (χ0n) is 15.7. The van der Waals surface area contributed by atoms with Crippen molar-refractivity contribution in [3.05, 3.63) is 84.7 Å². The maximum atomic E-state index is 13.0. The first-order chi connectivity index (χ1) is 14.1. The molecular formula is C22H19N3O3S. The molecule has 4 aromatic rings. The summed E-state index contributed by atoms with van der Waals surface area (Å²) >= 11 is 0. The lowest BCUT2D eigenvalue weighted by molar-refractivity contribution is 0.185. The number of rotatable bonds is 6. The van der Waals surface area contributed by atoms with E-state index >= 15 is 0 Å². The van der Waals surface area contributed by atoms with Crippen LogP contribution >= 0.6 is 0 Å². The fraction of sp³-hybridized carbons (Fsp3) is 0.0909. The standard InChI is InChI=1S/C22H19N3O3S/c1-28-15-16-6-8-18(9-7-16)21-22(24-13-12-23-21)25-29(26,27)20-11-10-17-4-2-3-5-19(17)14-20/h2-14H,15H2,1H3,(H,24,25). The van der Waals surface area contributed by atoms with E-state index in [1.807, 2.05) is 48.5 Å². The zero-order valence-corrected chi connectivity index (χ0v) is 16.6. The molecule has 7 heteroatoms. The van der Waals surface area contributed by atoms with Crippen molar-refractivity contribution in [1.29, 1.82) is 0 Å². The topological polar surface area (TPSA) is 81.2 Å². The molecule has 0 atom stereocenters. The number of fused-ring (bicyclic) bond motifs is 1. The summed E-state index contributed by atoms with van der Waals surface area (Å²) in [5, 5.41) is 1.83. The van der Waals surface area contributed by atoms with Gasteiger partial charge < -0.3 is 4.74 Å². The van der Waals surface area contributed by atoms with Gasteiger partial charge >= 0.3 is 0 Å². The number of hydrogen-bond acceptors (Lipinski definition) is 5. The number of aromatic nitrogens is 2. The van der Waals surface area contributed by atoms with Crippen LogP contribution in [0.5, 0.6) is 0 Å². The van der Waals surface area contributed by atoms with Crippen molar-refractivity contribution in [3.63, 3.8) is 0 Å². The molecule has 0 unspecified atom stereocenters. The van der Waals surface area contributed by atoms with E-state index < -0.39 is 10.0 Å². The highest BCUT2D eigenvalue weighted by molar-refractivity contribution is 7.92. The maximum absolute atomic E-state index is 13.0. The highest BCUT2D eigenvalue weighted by atomic mass is 32.2. The third-order valence-corrected chi connectivity index (χ3v) is 5.84. The normalized spacial score (nSPS) is 11.5. The molecule has 146 valence electrons. The summed E-state index contributed by atoms with van der Waals surface area (Å²) in [6.07, 6.45) is 2.99. The Kier molecular flexibility index (Phi) is 5.24. The van der Waals surface area contributed by atoms with E-state index in [-0.39, 0.29) is 10.7 Å². The van der Waals surface area contributed by atoms with Gasteiger partial charge in [0.2, 0.25) is 0 Å². The summed E-state index contributed by atoms with van der Waals surface area (Å²) in [7, 11) is -2.19. The highest BCUT2D eigenvalue weighted by Gasteiger charge is 2.18. The average Bonchev–Trinajstić information content (AvgIpc) is 2.74. The zero-order chi connectivity index (χ0) is 20.3. The SMILES string of the molecule is COCc1ccc(-c2nccnc2NS(=O)(=O)c2ccc3ccccc3c2)cc1. The van der Waals surface area contributed by atoms with Gasteiger partial charge in [-0.3, -0.25) is 9.71 Å². The Balaban J connectivity index is 1.68. The van der Waals surface area contributed by atoms with Crippen LogP contribution in [0.2, 0.25) is 0 Å². The summed E-state index contributed by atoms with van der Waals surface area (Å²) in [5.41, 5.74) is 2.23. The number of nitrogens with zero attached hydrogens (tertiary/aromatic N) is 2. The van der Waals surface area contributed by atoms with E-state index in [1.165, 1.54) is 12.4 Å². The van der Waals surface area contributed by atoms with Crippen LogP contribution in [0.3, 0.4) is 0 Å². The number of hydrogen-bond donors (Lipinski definition) is 1. The summed E-state index contributed by atoms with van der Waals surface area (Å²) < 4.78 is 33.6. The first-order valence-electron chi connectivity index (χ1n) is 8.98. The molecule has 0 fully saturated rings. The van der Waals surface area contributed by atoms with Gasteiger partial charge in [-0.25, -0.2) is 13.4 Å². The van der Waals surface area contributed by atoms with Gasteiger partial charge in [0.25, 0.3) is 10.0 Å². The second kappa shape index (κ2) is 7.98. The fourth-order valence-corrected chi connectivity index (χ4v) is 4.12. The van der Waals surface area contributed by atoms with Gasteiger partial charge in [0.15, 0.2) is 5.82 Å². The molecule has 0 aliphatic heterocycles. The number of sulfonamides is 1. The Morgan fingerprint density at radius 3 is 2.38 bits per heavy atom. The minimum Gasteiger partial charge on any atom is -0.380 e. The average molecular weight is 405 g/mol. The Labute approximate surface area is 169 Å². The molecule has 0 aliphatic carbocycles. The molecule has 0 bridgehead atoms. The number of nitrogens with one attached hydrogen (secondary N) is 1. The van der Waals surface area contributed by atoms with Crippen LogP contribution in [-0.4, -0.2) is 25.5 Å². The van der Waals surface area contributed by atoms with E-state index in [1.54, 1.807) is 25.3 Å². The number of ether oxygens (including phenoxy) is 1. The number of anilines is 1. The van der Waals surface area contributed by atoms with Crippen LogP contribution in [0.4, 0.5) is 5.82 Å². The molecule has 0 aliphatic rings. The first-order valence-corrected chi connectivity index (χ1v) is 10.5. The summed E-state index contributed by atoms with van der Waals surface area (Å²) in [6, 6.07) is 20.2. The van der Waals surface area contributed by atoms with Crippen molar-refractivity contribution in [3.8, 4) is 11.3 Å². The van der Waals surface area contributed by atoms with Crippen LogP contribution in [0.15, 0.2) is 84.0 Å². The van der Waals surface area contributed by atoms with Crippen LogP contribution in [-0.2, 0) is 21.4 Å². The molecular weight excluding hydrogens is 386 g/mol. The van der Waals surface area contributed by atoms with E-state index in [0.29, 0.717) is 12.3 Å². The quantitative estimate of drug-likeness (QED) is 0.519. The van der Waals surface area contributed by atoms with Gasteiger partial charge in [0, 0.05) is 25.1 Å². The van der Waals surface area contributed by atoms with Gasteiger partial charge in [-0.15, -0.1) is 0 Å². The van der Waals surface area contributed by atoms with Gasteiger partial charge in [-0.2, -0.15) is 0 Å². The van der Waals surface area contributed by atoms with Crippen molar-refractivity contribution in [1.82, 2.24) is 9.97 Å². The largest absolute Gasteiger partial charge is 0.380 e.